The van der Waals surface area contributed by atoms with Crippen LogP contribution in [-0.2, 0) is 0 Å². The highest BCUT2D eigenvalue weighted by Crippen LogP contribution is 2.37. The molecular formula is C15H23N3. The van der Waals surface area contributed by atoms with Crippen molar-refractivity contribution < 1.29 is 0 Å². The Morgan fingerprint density at radius 1 is 1.33 bits per heavy atom. The van der Waals surface area contributed by atoms with Crippen molar-refractivity contribution in [2.75, 3.05) is 5.32 Å². The predicted molar refractivity (Wildman–Crippen MR) is 78.0 cm³/mol. The van der Waals surface area contributed by atoms with Gasteiger partial charge in [-0.1, -0.05) is 19.4 Å². The van der Waals surface area contributed by atoms with Crippen LogP contribution in [0.2, 0.25) is 0 Å². The lowest BCUT2D eigenvalue weighted by Crippen LogP contribution is -2.23. The van der Waals surface area contributed by atoms with Crippen molar-refractivity contribution in [3.8, 4) is 0 Å². The number of nitrogens with two attached hydrogens (primary N) is 1. The minimum atomic E-state index is 0.448. The van der Waals surface area contributed by atoms with E-state index in [-0.39, 0.29) is 0 Å². The van der Waals surface area contributed by atoms with Crippen LogP contribution in [0.1, 0.15) is 37.3 Å². The van der Waals surface area contributed by atoms with Gasteiger partial charge in [-0.15, -0.1) is 0 Å². The number of hydrogen-bond donors (Lipinski definition) is 2. The van der Waals surface area contributed by atoms with Crippen molar-refractivity contribution in [2.45, 2.75) is 46.1 Å². The van der Waals surface area contributed by atoms with E-state index in [1.807, 2.05) is 0 Å². The Hall–Kier alpha value is -1.51. The normalized spacial score (nSPS) is 22.9. The Balaban J connectivity index is 1.95. The number of hydrogen-bond acceptors (Lipinski definition) is 1. The fourth-order valence-corrected chi connectivity index (χ4v) is 2.48. The number of nitrogens with one attached hydrogen (secondary N) is 1. The minimum Gasteiger partial charge on any atom is -0.370 e. The van der Waals surface area contributed by atoms with Gasteiger partial charge in [0.2, 0.25) is 0 Å². The second-order valence-electron chi connectivity index (χ2n) is 5.37. The lowest BCUT2D eigenvalue weighted by Gasteiger charge is -2.07. The predicted octanol–water partition coefficient (Wildman–Crippen LogP) is 3.22. The molecule has 1 aromatic rings. The third-order valence-corrected chi connectivity index (χ3v) is 3.34. The van der Waals surface area contributed by atoms with Gasteiger partial charge in [0.05, 0.1) is 6.04 Å². The van der Waals surface area contributed by atoms with Crippen LogP contribution in [0.4, 0.5) is 5.69 Å². The van der Waals surface area contributed by atoms with Gasteiger partial charge in [-0.25, -0.2) is 4.99 Å². The number of aryl methyl sites for hydroxylation is 2. The molecule has 98 valence electrons. The van der Waals surface area contributed by atoms with E-state index in [1.54, 1.807) is 0 Å². The minimum absolute atomic E-state index is 0.448. The Labute approximate surface area is 109 Å². The zero-order valence-corrected chi connectivity index (χ0v) is 11.5. The van der Waals surface area contributed by atoms with Crippen LogP contribution in [0.5, 0.6) is 0 Å². The van der Waals surface area contributed by atoms with Gasteiger partial charge in [0.25, 0.3) is 0 Å². The van der Waals surface area contributed by atoms with E-state index in [4.69, 9.17) is 5.73 Å². The van der Waals surface area contributed by atoms with E-state index in [2.05, 4.69) is 49.3 Å². The summed E-state index contributed by atoms with van der Waals surface area (Å²) in [4.78, 5) is 4.53. The molecular weight excluding hydrogens is 222 g/mol. The summed E-state index contributed by atoms with van der Waals surface area (Å²) in [5.74, 6) is 1.30. The summed E-state index contributed by atoms with van der Waals surface area (Å²) >= 11 is 0. The Bertz CT molecular complexity index is 431. The Morgan fingerprint density at radius 3 is 2.61 bits per heavy atom. The van der Waals surface area contributed by atoms with Crippen molar-refractivity contribution >= 4 is 11.6 Å². The average Bonchev–Trinajstić information content (AvgIpc) is 2.94. The number of rotatable bonds is 4. The maximum atomic E-state index is 5.94. The molecule has 3 nitrogen and oxygen atoms in total. The van der Waals surface area contributed by atoms with Crippen LogP contribution < -0.4 is 11.1 Å². The van der Waals surface area contributed by atoms with E-state index in [1.165, 1.54) is 30.4 Å². The highest BCUT2D eigenvalue weighted by atomic mass is 15.1. The number of aliphatic imine (C=N–C) groups is 1. The lowest BCUT2D eigenvalue weighted by molar-refractivity contribution is 0.683. The molecule has 18 heavy (non-hydrogen) atoms. The van der Waals surface area contributed by atoms with Crippen molar-refractivity contribution in [1.29, 1.82) is 0 Å². The molecule has 2 atom stereocenters. The molecule has 3 N–H and O–H groups in total. The first-order chi connectivity index (χ1) is 8.58. The second-order valence-corrected chi connectivity index (χ2v) is 5.37. The molecule has 2 unspecified atom stereocenters. The summed E-state index contributed by atoms with van der Waals surface area (Å²) < 4.78 is 0. The first-order valence-electron chi connectivity index (χ1n) is 6.77. The molecule has 0 bridgehead atoms. The summed E-state index contributed by atoms with van der Waals surface area (Å²) in [6.07, 6.45) is 3.70. The van der Waals surface area contributed by atoms with Crippen LogP contribution in [0.25, 0.3) is 0 Å². The SMILES string of the molecule is CCCC1CC1N=C(N)Nc1cc(C)cc(C)c1. The molecule has 1 saturated carbocycles. The van der Waals surface area contributed by atoms with Gasteiger partial charge in [-0.3, -0.25) is 0 Å². The van der Waals surface area contributed by atoms with Crippen LogP contribution >= 0.6 is 0 Å². The van der Waals surface area contributed by atoms with Crippen molar-refractivity contribution in [3.63, 3.8) is 0 Å². The smallest absolute Gasteiger partial charge is 0.193 e. The monoisotopic (exact) mass is 245 g/mol. The summed E-state index contributed by atoms with van der Waals surface area (Å²) in [6, 6.07) is 6.78. The average molecular weight is 245 g/mol. The molecule has 0 spiro atoms. The highest BCUT2D eigenvalue weighted by molar-refractivity contribution is 5.92. The van der Waals surface area contributed by atoms with E-state index in [0.29, 0.717) is 12.0 Å². The molecule has 0 radical (unpaired) electrons. The molecule has 0 amide bonds. The van der Waals surface area contributed by atoms with Crippen molar-refractivity contribution in [1.82, 2.24) is 0 Å². The molecule has 2 rings (SSSR count). The van der Waals surface area contributed by atoms with E-state index in [9.17, 15) is 0 Å². The Morgan fingerprint density at radius 2 is 2.00 bits per heavy atom. The zero-order chi connectivity index (χ0) is 13.1. The van der Waals surface area contributed by atoms with Gasteiger partial charge >= 0.3 is 0 Å². The lowest BCUT2D eigenvalue weighted by atomic mass is 10.1. The van der Waals surface area contributed by atoms with Gasteiger partial charge < -0.3 is 11.1 Å². The highest BCUT2D eigenvalue weighted by Gasteiger charge is 2.35. The van der Waals surface area contributed by atoms with Crippen LogP contribution in [-0.4, -0.2) is 12.0 Å². The maximum Gasteiger partial charge on any atom is 0.193 e. The largest absolute Gasteiger partial charge is 0.370 e. The van der Waals surface area contributed by atoms with Crippen LogP contribution in [0.3, 0.4) is 0 Å². The van der Waals surface area contributed by atoms with Gasteiger partial charge in [0.1, 0.15) is 0 Å². The van der Waals surface area contributed by atoms with Crippen LogP contribution in [0, 0.1) is 19.8 Å². The summed E-state index contributed by atoms with van der Waals surface area (Å²) in [6.45, 7) is 6.39. The van der Waals surface area contributed by atoms with Gasteiger partial charge in [-0.05, 0) is 55.9 Å². The number of benzene rings is 1. The third-order valence-electron chi connectivity index (χ3n) is 3.34. The maximum absolute atomic E-state index is 5.94. The third kappa shape index (κ3) is 3.49. The van der Waals surface area contributed by atoms with Gasteiger partial charge in [0.15, 0.2) is 5.96 Å². The fraction of sp³-hybridized carbons (Fsp3) is 0.533. The molecule has 0 heterocycles. The second kappa shape index (κ2) is 5.42. The first kappa shape index (κ1) is 12.9. The molecule has 1 aromatic carbocycles. The van der Waals surface area contributed by atoms with E-state index < -0.39 is 0 Å². The summed E-state index contributed by atoms with van der Waals surface area (Å²) in [5.41, 5.74) is 9.45. The quantitative estimate of drug-likeness (QED) is 0.632. The number of guanidine groups is 1. The summed E-state index contributed by atoms with van der Waals surface area (Å²) in [7, 11) is 0. The van der Waals surface area contributed by atoms with Gasteiger partial charge in [-0.2, -0.15) is 0 Å². The van der Waals surface area contributed by atoms with Crippen LogP contribution in [0.15, 0.2) is 23.2 Å². The topological polar surface area (TPSA) is 50.4 Å². The fourth-order valence-electron chi connectivity index (χ4n) is 2.48. The van der Waals surface area contributed by atoms with E-state index in [0.717, 1.165) is 11.6 Å². The van der Waals surface area contributed by atoms with Crippen molar-refractivity contribution in [2.24, 2.45) is 16.6 Å². The molecule has 0 saturated heterocycles. The molecule has 0 aliphatic heterocycles. The zero-order valence-electron chi connectivity index (χ0n) is 11.5. The summed E-state index contributed by atoms with van der Waals surface area (Å²) in [5, 5.41) is 3.19. The van der Waals surface area contributed by atoms with Crippen molar-refractivity contribution in [3.05, 3.63) is 29.3 Å². The van der Waals surface area contributed by atoms with Gasteiger partial charge in [0, 0.05) is 5.69 Å². The van der Waals surface area contributed by atoms with E-state index >= 15 is 0 Å². The molecule has 1 aliphatic rings. The Kier molecular flexibility index (Phi) is 3.90. The number of nitrogens with zero attached hydrogens (tertiary/aromatic N) is 1. The molecule has 1 fully saturated rings. The number of anilines is 1. The first-order valence-corrected chi connectivity index (χ1v) is 6.77. The molecule has 0 aromatic heterocycles. The molecule has 1 aliphatic carbocycles. The molecule has 3 heteroatoms. The standard InChI is InChI=1S/C15H23N3/c1-4-5-12-9-14(12)18-15(16)17-13-7-10(2)6-11(3)8-13/h6-8,12,14H,4-5,9H2,1-3H3,(H3,16,17,18).